The highest BCUT2D eigenvalue weighted by molar-refractivity contribution is 8.26. The van der Waals surface area contributed by atoms with Gasteiger partial charge >= 0.3 is 0 Å². The zero-order valence-electron chi connectivity index (χ0n) is 17.3. The number of rotatable bonds is 10. The summed E-state index contributed by atoms with van der Waals surface area (Å²) in [5.74, 6) is 0.0899. The Bertz CT molecular complexity index is 1070. The Hall–Kier alpha value is -2.31. The fourth-order valence-corrected chi connectivity index (χ4v) is 4.28. The van der Waals surface area contributed by atoms with E-state index in [-0.39, 0.29) is 30.2 Å². The third-order valence-corrected chi connectivity index (χ3v) is 5.90. The molecule has 0 bridgehead atoms. The Morgan fingerprint density at radius 3 is 2.87 bits per heavy atom. The average molecular weight is 465 g/mol. The first-order chi connectivity index (χ1) is 15.0. The molecule has 11 heteroatoms. The fourth-order valence-electron chi connectivity index (χ4n) is 2.99. The summed E-state index contributed by atoms with van der Waals surface area (Å²) in [6, 6.07) is 3.64. The first-order valence-electron chi connectivity index (χ1n) is 9.66. The summed E-state index contributed by atoms with van der Waals surface area (Å²) in [4.78, 5) is 32.5. The van der Waals surface area contributed by atoms with Crippen molar-refractivity contribution in [3.63, 3.8) is 0 Å². The van der Waals surface area contributed by atoms with Gasteiger partial charge in [0.1, 0.15) is 15.8 Å². The Morgan fingerprint density at radius 2 is 2.13 bits per heavy atom. The molecule has 1 amide bonds. The van der Waals surface area contributed by atoms with E-state index in [1.807, 2.05) is 13.0 Å². The molecule has 0 spiro atoms. The van der Waals surface area contributed by atoms with Crippen LogP contribution in [-0.2, 0) is 14.3 Å². The predicted octanol–water partition coefficient (Wildman–Crippen LogP) is 1.27. The molecule has 166 valence electrons. The lowest BCUT2D eigenvalue weighted by molar-refractivity contribution is -0.122. The molecule has 3 rings (SSSR count). The zero-order valence-corrected chi connectivity index (χ0v) is 18.9. The van der Waals surface area contributed by atoms with Crippen LogP contribution >= 0.6 is 24.0 Å². The quantitative estimate of drug-likeness (QED) is 0.305. The SMILES string of the molecule is COCCN1C(=O)C(=Cc2c(NCCOCCO)nc3c(C)cccn3c2=O)SC1=S. The smallest absolute Gasteiger partial charge is 0.267 e. The summed E-state index contributed by atoms with van der Waals surface area (Å²) in [6.45, 7) is 3.45. The number of aliphatic hydroxyl groups excluding tert-OH is 1. The molecule has 1 fully saturated rings. The van der Waals surface area contributed by atoms with Crippen molar-refractivity contribution in [2.45, 2.75) is 6.92 Å². The minimum absolute atomic E-state index is 0.0646. The molecule has 0 saturated carbocycles. The first-order valence-corrected chi connectivity index (χ1v) is 10.9. The number of hydrogen-bond donors (Lipinski definition) is 2. The molecule has 1 saturated heterocycles. The van der Waals surface area contributed by atoms with Crippen LogP contribution in [-0.4, -0.2) is 76.2 Å². The van der Waals surface area contributed by atoms with Gasteiger partial charge in [0.15, 0.2) is 0 Å². The lowest BCUT2D eigenvalue weighted by Gasteiger charge is -2.13. The van der Waals surface area contributed by atoms with Crippen molar-refractivity contribution >= 4 is 51.7 Å². The van der Waals surface area contributed by atoms with E-state index in [4.69, 9.17) is 26.8 Å². The van der Waals surface area contributed by atoms with Crippen molar-refractivity contribution in [1.29, 1.82) is 0 Å². The van der Waals surface area contributed by atoms with Crippen LogP contribution in [0.4, 0.5) is 5.82 Å². The van der Waals surface area contributed by atoms with Gasteiger partial charge in [-0.1, -0.05) is 30.0 Å². The van der Waals surface area contributed by atoms with Crippen LogP contribution in [0.2, 0.25) is 0 Å². The normalized spacial score (nSPS) is 15.5. The molecule has 1 aliphatic heterocycles. The lowest BCUT2D eigenvalue weighted by atomic mass is 10.2. The molecule has 0 atom stereocenters. The van der Waals surface area contributed by atoms with Crippen LogP contribution < -0.4 is 10.9 Å². The highest BCUT2D eigenvalue weighted by Gasteiger charge is 2.32. The molecule has 0 aliphatic carbocycles. The maximum Gasteiger partial charge on any atom is 0.267 e. The molecule has 0 unspecified atom stereocenters. The second-order valence-electron chi connectivity index (χ2n) is 6.65. The number of methoxy groups -OCH3 is 1. The molecule has 0 radical (unpaired) electrons. The van der Waals surface area contributed by atoms with Crippen LogP contribution in [0.3, 0.4) is 0 Å². The Morgan fingerprint density at radius 1 is 1.32 bits per heavy atom. The number of fused-ring (bicyclic) bond motifs is 1. The Balaban J connectivity index is 1.99. The van der Waals surface area contributed by atoms with Crippen molar-refractivity contribution in [2.75, 3.05) is 51.9 Å². The number of carbonyl (C=O) groups is 1. The molecule has 2 aromatic rings. The maximum atomic E-state index is 13.3. The number of nitrogens with zero attached hydrogens (tertiary/aromatic N) is 3. The van der Waals surface area contributed by atoms with E-state index < -0.39 is 0 Å². The summed E-state index contributed by atoms with van der Waals surface area (Å²) in [5, 5.41) is 11.9. The van der Waals surface area contributed by atoms with E-state index in [0.717, 1.165) is 17.3 Å². The monoisotopic (exact) mass is 464 g/mol. The number of aliphatic hydroxyl groups is 1. The van der Waals surface area contributed by atoms with Crippen molar-refractivity contribution in [2.24, 2.45) is 0 Å². The molecule has 3 heterocycles. The van der Waals surface area contributed by atoms with Gasteiger partial charge in [-0.2, -0.15) is 0 Å². The molecular weight excluding hydrogens is 440 g/mol. The predicted molar refractivity (Wildman–Crippen MR) is 124 cm³/mol. The number of anilines is 1. The van der Waals surface area contributed by atoms with E-state index in [1.165, 1.54) is 15.4 Å². The van der Waals surface area contributed by atoms with E-state index in [9.17, 15) is 9.59 Å². The number of pyridine rings is 1. The number of aryl methyl sites for hydroxylation is 1. The van der Waals surface area contributed by atoms with Gasteiger partial charge in [-0.25, -0.2) is 4.98 Å². The second kappa shape index (κ2) is 10.8. The standard InChI is InChI=1S/C20H24N4O5S2/c1-13-4-3-6-23-17(13)22-16(21-5-9-29-11-8-25)14(18(23)26)12-15-19(27)24(7-10-28-2)20(30)31-15/h3-4,6,12,21,25H,5,7-11H2,1-2H3. The number of hydrogen-bond acceptors (Lipinski definition) is 9. The number of thioether (sulfide) groups is 1. The minimum Gasteiger partial charge on any atom is -0.394 e. The van der Waals surface area contributed by atoms with Gasteiger partial charge in [-0.05, 0) is 24.6 Å². The summed E-state index contributed by atoms with van der Waals surface area (Å²) < 4.78 is 12.2. The molecule has 2 N–H and O–H groups in total. The molecule has 2 aromatic heterocycles. The Kier molecular flexibility index (Phi) is 8.15. The van der Waals surface area contributed by atoms with Crippen LogP contribution in [0.25, 0.3) is 11.7 Å². The number of thiocarbonyl (C=S) groups is 1. The van der Waals surface area contributed by atoms with Gasteiger partial charge in [-0.3, -0.25) is 18.9 Å². The number of amides is 1. The van der Waals surface area contributed by atoms with E-state index in [0.29, 0.717) is 47.0 Å². The van der Waals surface area contributed by atoms with E-state index >= 15 is 0 Å². The van der Waals surface area contributed by atoms with Crippen molar-refractivity contribution in [3.8, 4) is 0 Å². The van der Waals surface area contributed by atoms with Gasteiger partial charge in [0, 0.05) is 19.9 Å². The highest BCUT2D eigenvalue weighted by atomic mass is 32.2. The maximum absolute atomic E-state index is 13.3. The largest absolute Gasteiger partial charge is 0.394 e. The zero-order chi connectivity index (χ0) is 22.4. The second-order valence-corrected chi connectivity index (χ2v) is 8.33. The van der Waals surface area contributed by atoms with Crippen molar-refractivity contribution < 1.29 is 19.4 Å². The van der Waals surface area contributed by atoms with E-state index in [1.54, 1.807) is 19.4 Å². The van der Waals surface area contributed by atoms with Gasteiger partial charge in [0.2, 0.25) is 0 Å². The summed E-state index contributed by atoms with van der Waals surface area (Å²) in [5.41, 5.74) is 1.33. The molecule has 0 aromatic carbocycles. The molecular formula is C20H24N4O5S2. The molecule has 31 heavy (non-hydrogen) atoms. The molecule has 9 nitrogen and oxygen atoms in total. The fraction of sp³-hybridized carbons (Fsp3) is 0.400. The topological polar surface area (TPSA) is 105 Å². The van der Waals surface area contributed by atoms with Crippen molar-refractivity contribution in [1.82, 2.24) is 14.3 Å². The van der Waals surface area contributed by atoms with Gasteiger partial charge in [-0.15, -0.1) is 0 Å². The van der Waals surface area contributed by atoms with E-state index in [2.05, 4.69) is 10.3 Å². The number of nitrogens with one attached hydrogen (secondary N) is 1. The third-order valence-electron chi connectivity index (χ3n) is 4.53. The number of ether oxygens (including phenoxy) is 2. The summed E-state index contributed by atoms with van der Waals surface area (Å²) >= 11 is 6.46. The summed E-state index contributed by atoms with van der Waals surface area (Å²) in [7, 11) is 1.55. The minimum atomic E-state index is -0.297. The summed E-state index contributed by atoms with van der Waals surface area (Å²) in [6.07, 6.45) is 3.18. The highest BCUT2D eigenvalue weighted by Crippen LogP contribution is 2.32. The molecule has 1 aliphatic rings. The van der Waals surface area contributed by atoms with Crippen LogP contribution in [0.15, 0.2) is 28.0 Å². The first kappa shape index (κ1) is 23.4. The van der Waals surface area contributed by atoms with Crippen LogP contribution in [0.1, 0.15) is 11.1 Å². The lowest BCUT2D eigenvalue weighted by Crippen LogP contribution is -2.31. The van der Waals surface area contributed by atoms with Crippen LogP contribution in [0, 0.1) is 6.92 Å². The van der Waals surface area contributed by atoms with Gasteiger partial charge in [0.05, 0.1) is 43.4 Å². The van der Waals surface area contributed by atoms with Crippen molar-refractivity contribution in [3.05, 3.63) is 44.7 Å². The average Bonchev–Trinajstić information content (AvgIpc) is 3.02. The number of aromatic nitrogens is 2. The van der Waals surface area contributed by atoms with Crippen LogP contribution in [0.5, 0.6) is 0 Å². The third kappa shape index (κ3) is 5.31. The van der Waals surface area contributed by atoms with Gasteiger partial charge < -0.3 is 19.9 Å². The Labute approximate surface area is 189 Å². The number of carbonyl (C=O) groups excluding carboxylic acids is 1. The van der Waals surface area contributed by atoms with Gasteiger partial charge in [0.25, 0.3) is 11.5 Å².